The molecule has 0 aliphatic carbocycles. The van der Waals surface area contributed by atoms with E-state index in [1.807, 2.05) is 0 Å². The second kappa shape index (κ2) is 4.81. The highest BCUT2D eigenvalue weighted by atomic mass is 32.2. The summed E-state index contributed by atoms with van der Waals surface area (Å²) in [4.78, 5) is 10.4. The van der Waals surface area contributed by atoms with Crippen molar-refractivity contribution < 1.29 is 21.6 Å². The molecule has 0 saturated heterocycles. The zero-order valence-corrected chi connectivity index (χ0v) is 11.1. The van der Waals surface area contributed by atoms with E-state index >= 15 is 0 Å². The van der Waals surface area contributed by atoms with Crippen LogP contribution in [0.5, 0.6) is 0 Å². The van der Waals surface area contributed by atoms with Crippen molar-refractivity contribution in [1.82, 2.24) is 19.5 Å². The SMILES string of the molecule is CS(=O)(=O)c1cc(C(F)(F)F)nc(-n2cnc(C#N)c2)n1. The lowest BCUT2D eigenvalue weighted by Crippen LogP contribution is -2.15. The van der Waals surface area contributed by atoms with E-state index in [9.17, 15) is 21.6 Å². The number of alkyl halides is 3. The van der Waals surface area contributed by atoms with Gasteiger partial charge in [-0.2, -0.15) is 18.4 Å². The van der Waals surface area contributed by atoms with Gasteiger partial charge in [-0.3, -0.25) is 4.57 Å². The Morgan fingerprint density at radius 2 is 2.00 bits per heavy atom. The molecule has 0 N–H and O–H groups in total. The van der Waals surface area contributed by atoms with Crippen LogP contribution in [0.2, 0.25) is 0 Å². The molecule has 0 radical (unpaired) electrons. The Balaban J connectivity index is 2.69. The lowest BCUT2D eigenvalue weighted by atomic mass is 10.4. The molecule has 11 heteroatoms. The van der Waals surface area contributed by atoms with Gasteiger partial charge in [0, 0.05) is 18.5 Å². The van der Waals surface area contributed by atoms with Crippen LogP contribution in [0.3, 0.4) is 0 Å². The van der Waals surface area contributed by atoms with Crippen molar-refractivity contribution in [2.45, 2.75) is 11.2 Å². The summed E-state index contributed by atoms with van der Waals surface area (Å²) >= 11 is 0. The van der Waals surface area contributed by atoms with Crippen molar-refractivity contribution in [1.29, 1.82) is 5.26 Å². The van der Waals surface area contributed by atoms with E-state index in [1.165, 1.54) is 0 Å². The molecule has 0 aliphatic heterocycles. The number of sulfone groups is 1. The van der Waals surface area contributed by atoms with Crippen molar-refractivity contribution in [3.05, 3.63) is 30.0 Å². The Morgan fingerprint density at radius 1 is 1.33 bits per heavy atom. The molecule has 0 unspecified atom stereocenters. The quantitative estimate of drug-likeness (QED) is 0.764. The van der Waals surface area contributed by atoms with E-state index in [0.717, 1.165) is 23.3 Å². The van der Waals surface area contributed by atoms with E-state index in [2.05, 4.69) is 15.0 Å². The molecule has 2 aromatic rings. The Hall–Kier alpha value is -2.48. The van der Waals surface area contributed by atoms with Crippen molar-refractivity contribution in [3.8, 4) is 12.0 Å². The van der Waals surface area contributed by atoms with Crippen LogP contribution in [0.1, 0.15) is 11.4 Å². The van der Waals surface area contributed by atoms with Gasteiger partial charge in [-0.15, -0.1) is 0 Å². The third-order valence-electron chi connectivity index (χ3n) is 2.29. The van der Waals surface area contributed by atoms with Gasteiger partial charge in [0.15, 0.2) is 26.3 Å². The molecule has 0 fully saturated rings. The number of nitriles is 1. The molecule has 0 aromatic carbocycles. The van der Waals surface area contributed by atoms with Crippen LogP contribution >= 0.6 is 0 Å². The van der Waals surface area contributed by atoms with Crippen LogP contribution in [0.15, 0.2) is 23.6 Å². The molecule has 2 rings (SSSR count). The molecule has 0 atom stereocenters. The number of halogens is 3. The van der Waals surface area contributed by atoms with Gasteiger partial charge < -0.3 is 0 Å². The summed E-state index contributed by atoms with van der Waals surface area (Å²) in [6.07, 6.45) is -2.01. The van der Waals surface area contributed by atoms with Crippen LogP contribution in [0, 0.1) is 11.3 Å². The van der Waals surface area contributed by atoms with Gasteiger partial charge in [0.25, 0.3) is 0 Å². The molecule has 2 heterocycles. The molecule has 2 aromatic heterocycles. The minimum absolute atomic E-state index is 0.0723. The van der Waals surface area contributed by atoms with Gasteiger partial charge in [0.1, 0.15) is 12.4 Å². The van der Waals surface area contributed by atoms with Crippen LogP contribution in [0.4, 0.5) is 13.2 Å². The minimum Gasteiger partial charge on any atom is -0.273 e. The number of nitrogens with zero attached hydrogens (tertiary/aromatic N) is 5. The zero-order valence-electron chi connectivity index (χ0n) is 10.3. The maximum atomic E-state index is 12.8. The van der Waals surface area contributed by atoms with E-state index in [4.69, 9.17) is 5.26 Å². The van der Waals surface area contributed by atoms with Crippen LogP contribution < -0.4 is 0 Å². The molecule has 0 amide bonds. The molecule has 21 heavy (non-hydrogen) atoms. The highest BCUT2D eigenvalue weighted by molar-refractivity contribution is 7.90. The Bertz CT molecular complexity index is 835. The van der Waals surface area contributed by atoms with Crippen molar-refractivity contribution in [3.63, 3.8) is 0 Å². The first-order chi connectivity index (χ1) is 9.61. The topological polar surface area (TPSA) is 102 Å². The number of hydrogen-bond acceptors (Lipinski definition) is 6. The van der Waals surface area contributed by atoms with E-state index in [1.54, 1.807) is 6.07 Å². The summed E-state index contributed by atoms with van der Waals surface area (Å²) in [6.45, 7) is 0. The third kappa shape index (κ3) is 3.16. The predicted molar refractivity (Wildman–Crippen MR) is 62.0 cm³/mol. The fourth-order valence-electron chi connectivity index (χ4n) is 1.35. The maximum Gasteiger partial charge on any atom is 0.433 e. The summed E-state index contributed by atoms with van der Waals surface area (Å²) in [5, 5.41) is 7.85. The standard InChI is InChI=1S/C10H6F3N5O2S/c1-21(19,20)8-2-7(10(11,12)13)16-9(17-8)18-4-6(3-14)15-5-18/h2,4-5H,1H3. The molecule has 0 saturated carbocycles. The number of rotatable bonds is 2. The normalized spacial score (nSPS) is 12.1. The first-order valence-electron chi connectivity index (χ1n) is 5.22. The fraction of sp³-hybridized carbons (Fsp3) is 0.200. The highest BCUT2D eigenvalue weighted by Crippen LogP contribution is 2.29. The second-order valence-electron chi connectivity index (χ2n) is 3.94. The Labute approximate surface area is 116 Å². The molecule has 0 spiro atoms. The second-order valence-corrected chi connectivity index (χ2v) is 5.90. The van der Waals surface area contributed by atoms with Gasteiger partial charge in [-0.05, 0) is 0 Å². The molecule has 0 bridgehead atoms. The minimum atomic E-state index is -4.84. The van der Waals surface area contributed by atoms with Gasteiger partial charge in [0.2, 0.25) is 5.95 Å². The third-order valence-corrected chi connectivity index (χ3v) is 3.26. The summed E-state index contributed by atoms with van der Waals surface area (Å²) in [7, 11) is -3.96. The van der Waals surface area contributed by atoms with Crippen molar-refractivity contribution >= 4 is 9.84 Å². The molecule has 0 aliphatic rings. The number of aromatic nitrogens is 4. The fourth-order valence-corrected chi connectivity index (χ4v) is 1.93. The lowest BCUT2D eigenvalue weighted by Gasteiger charge is -2.09. The van der Waals surface area contributed by atoms with E-state index in [0.29, 0.717) is 6.07 Å². The summed E-state index contributed by atoms with van der Waals surface area (Å²) in [6, 6.07) is 2.03. The monoisotopic (exact) mass is 317 g/mol. The first kappa shape index (κ1) is 14.9. The summed E-state index contributed by atoms with van der Waals surface area (Å²) in [5.41, 5.74) is -1.47. The average Bonchev–Trinajstić information content (AvgIpc) is 2.85. The predicted octanol–water partition coefficient (Wildman–Crippen LogP) is 0.956. The van der Waals surface area contributed by atoms with Gasteiger partial charge in [-0.25, -0.2) is 23.4 Å². The smallest absolute Gasteiger partial charge is 0.273 e. The molecule has 7 nitrogen and oxygen atoms in total. The van der Waals surface area contributed by atoms with Gasteiger partial charge >= 0.3 is 6.18 Å². The largest absolute Gasteiger partial charge is 0.433 e. The Kier molecular flexibility index (Phi) is 3.42. The molecule has 110 valence electrons. The first-order valence-corrected chi connectivity index (χ1v) is 7.11. The van der Waals surface area contributed by atoms with E-state index in [-0.39, 0.29) is 5.69 Å². The molecular formula is C10H6F3N5O2S. The van der Waals surface area contributed by atoms with Crippen LogP contribution in [-0.2, 0) is 16.0 Å². The van der Waals surface area contributed by atoms with E-state index < -0.39 is 32.7 Å². The van der Waals surface area contributed by atoms with Gasteiger partial charge in [-0.1, -0.05) is 0 Å². The van der Waals surface area contributed by atoms with Crippen molar-refractivity contribution in [2.24, 2.45) is 0 Å². The summed E-state index contributed by atoms with van der Waals surface area (Å²) in [5.74, 6) is -0.542. The zero-order chi connectivity index (χ0) is 15.8. The summed E-state index contributed by atoms with van der Waals surface area (Å²) < 4.78 is 62.1. The lowest BCUT2D eigenvalue weighted by molar-refractivity contribution is -0.141. The number of hydrogen-bond donors (Lipinski definition) is 0. The Morgan fingerprint density at radius 3 is 2.48 bits per heavy atom. The van der Waals surface area contributed by atoms with Crippen LogP contribution in [-0.4, -0.2) is 34.2 Å². The average molecular weight is 317 g/mol. The van der Waals surface area contributed by atoms with Gasteiger partial charge in [0.05, 0.1) is 0 Å². The maximum absolute atomic E-state index is 12.8. The number of imidazole rings is 1. The molecular weight excluding hydrogens is 311 g/mol. The highest BCUT2D eigenvalue weighted by Gasteiger charge is 2.35. The van der Waals surface area contributed by atoms with Crippen molar-refractivity contribution in [2.75, 3.05) is 6.26 Å². The van der Waals surface area contributed by atoms with Crippen LogP contribution in [0.25, 0.3) is 5.95 Å².